The molecule has 2 aromatic rings. The number of hydrogen-bond acceptors (Lipinski definition) is 4. The Balaban J connectivity index is 1.53. The summed E-state index contributed by atoms with van der Waals surface area (Å²) in [6.07, 6.45) is -0.697. The van der Waals surface area contributed by atoms with E-state index in [9.17, 15) is 4.79 Å². The van der Waals surface area contributed by atoms with E-state index in [4.69, 9.17) is 32.7 Å². The van der Waals surface area contributed by atoms with E-state index in [1.807, 2.05) is 24.3 Å². The molecule has 1 N–H and O–H groups in total. The topological polar surface area (TPSA) is 50.8 Å². The molecule has 2 aromatic carbocycles. The molecule has 0 aliphatic carbocycles. The Morgan fingerprint density at radius 2 is 1.89 bits per heavy atom. The van der Waals surface area contributed by atoms with E-state index in [1.165, 1.54) is 5.56 Å². The van der Waals surface area contributed by atoms with Crippen molar-refractivity contribution in [2.24, 2.45) is 0 Å². The van der Waals surface area contributed by atoms with Crippen LogP contribution in [-0.2, 0) is 16.1 Å². The number of halogens is 2. The maximum atomic E-state index is 12.4. The third-order valence-electron chi connectivity index (χ3n) is 4.30. The molecule has 1 amide bonds. The Morgan fingerprint density at radius 1 is 1.19 bits per heavy atom. The van der Waals surface area contributed by atoms with Crippen molar-refractivity contribution in [2.75, 3.05) is 31.6 Å². The summed E-state index contributed by atoms with van der Waals surface area (Å²) < 4.78 is 11.0. The van der Waals surface area contributed by atoms with Gasteiger partial charge in [-0.05, 0) is 42.8 Å². The molecule has 0 saturated carbocycles. The van der Waals surface area contributed by atoms with Crippen LogP contribution in [0.1, 0.15) is 12.5 Å². The number of ether oxygens (including phenoxy) is 2. The number of hydrogen-bond donors (Lipinski definition) is 1. The molecule has 27 heavy (non-hydrogen) atoms. The van der Waals surface area contributed by atoms with Gasteiger partial charge in [0, 0.05) is 30.3 Å². The highest BCUT2D eigenvalue weighted by Crippen LogP contribution is 2.28. The fourth-order valence-electron chi connectivity index (χ4n) is 2.77. The van der Waals surface area contributed by atoms with E-state index < -0.39 is 6.10 Å². The molecule has 1 unspecified atom stereocenters. The molecule has 0 bridgehead atoms. The van der Waals surface area contributed by atoms with Crippen LogP contribution in [0, 0.1) is 0 Å². The minimum atomic E-state index is -0.697. The maximum absolute atomic E-state index is 12.4. The van der Waals surface area contributed by atoms with Gasteiger partial charge in [0.2, 0.25) is 0 Å². The van der Waals surface area contributed by atoms with Gasteiger partial charge in [0.15, 0.2) is 6.10 Å². The second-order valence-corrected chi connectivity index (χ2v) is 7.25. The zero-order valence-electron chi connectivity index (χ0n) is 15.1. The first kappa shape index (κ1) is 20.0. The summed E-state index contributed by atoms with van der Waals surface area (Å²) in [5.74, 6) is 0.173. The molecule has 1 heterocycles. The van der Waals surface area contributed by atoms with Gasteiger partial charge in [0.1, 0.15) is 5.75 Å². The highest BCUT2D eigenvalue weighted by Gasteiger charge is 2.17. The van der Waals surface area contributed by atoms with Crippen LogP contribution in [0.15, 0.2) is 42.5 Å². The van der Waals surface area contributed by atoms with Gasteiger partial charge >= 0.3 is 0 Å². The van der Waals surface area contributed by atoms with E-state index in [1.54, 1.807) is 25.1 Å². The van der Waals surface area contributed by atoms with Gasteiger partial charge in [-0.2, -0.15) is 0 Å². The Kier molecular flexibility index (Phi) is 6.96. The van der Waals surface area contributed by atoms with E-state index in [-0.39, 0.29) is 5.91 Å². The van der Waals surface area contributed by atoms with Gasteiger partial charge in [0.25, 0.3) is 5.91 Å². The SMILES string of the molecule is CC(Oc1ccc(Cl)cc1Cl)C(=O)Nc1ccc(CN2CCOCC2)cc1. The standard InChI is InChI=1S/C20H22Cl2N2O3/c1-14(27-19-7-4-16(21)12-18(19)22)20(25)23-17-5-2-15(3-6-17)13-24-8-10-26-11-9-24/h2-7,12,14H,8-11,13H2,1H3,(H,23,25). The van der Waals surface area contributed by atoms with Crippen LogP contribution in [0.2, 0.25) is 10.0 Å². The average Bonchev–Trinajstić information content (AvgIpc) is 2.66. The summed E-state index contributed by atoms with van der Waals surface area (Å²) >= 11 is 12.0. The molecular weight excluding hydrogens is 387 g/mol. The number of rotatable bonds is 6. The molecule has 1 aliphatic heterocycles. The summed E-state index contributed by atoms with van der Waals surface area (Å²) in [4.78, 5) is 14.7. The van der Waals surface area contributed by atoms with Crippen LogP contribution in [0.4, 0.5) is 5.69 Å². The number of nitrogens with one attached hydrogen (secondary N) is 1. The lowest BCUT2D eigenvalue weighted by Gasteiger charge is -2.26. The van der Waals surface area contributed by atoms with Gasteiger partial charge in [-0.25, -0.2) is 0 Å². The van der Waals surface area contributed by atoms with E-state index in [0.717, 1.165) is 38.5 Å². The van der Waals surface area contributed by atoms with Crippen molar-refractivity contribution in [3.63, 3.8) is 0 Å². The highest BCUT2D eigenvalue weighted by molar-refractivity contribution is 6.35. The van der Waals surface area contributed by atoms with Crippen molar-refractivity contribution in [3.8, 4) is 5.75 Å². The first-order valence-corrected chi connectivity index (χ1v) is 9.58. The minimum Gasteiger partial charge on any atom is -0.479 e. The third-order valence-corrected chi connectivity index (χ3v) is 4.83. The first-order valence-electron chi connectivity index (χ1n) is 8.83. The average molecular weight is 409 g/mol. The summed E-state index contributed by atoms with van der Waals surface area (Å²) in [5.41, 5.74) is 1.93. The van der Waals surface area contributed by atoms with Crippen LogP contribution >= 0.6 is 23.2 Å². The highest BCUT2D eigenvalue weighted by atomic mass is 35.5. The van der Waals surface area contributed by atoms with Crippen molar-refractivity contribution >= 4 is 34.8 Å². The van der Waals surface area contributed by atoms with Crippen molar-refractivity contribution < 1.29 is 14.3 Å². The smallest absolute Gasteiger partial charge is 0.265 e. The van der Waals surface area contributed by atoms with Crippen LogP contribution in [0.5, 0.6) is 5.75 Å². The predicted molar refractivity (Wildman–Crippen MR) is 108 cm³/mol. The number of benzene rings is 2. The molecule has 1 aliphatic rings. The fraction of sp³-hybridized carbons (Fsp3) is 0.350. The number of carbonyl (C=O) groups is 1. The van der Waals surface area contributed by atoms with E-state index in [2.05, 4.69) is 10.2 Å². The third kappa shape index (κ3) is 5.84. The lowest BCUT2D eigenvalue weighted by Crippen LogP contribution is -2.35. The fourth-order valence-corrected chi connectivity index (χ4v) is 3.22. The predicted octanol–water partition coefficient (Wildman–Crippen LogP) is 4.23. The largest absolute Gasteiger partial charge is 0.479 e. The molecule has 0 spiro atoms. The van der Waals surface area contributed by atoms with Crippen molar-refractivity contribution in [2.45, 2.75) is 19.6 Å². The zero-order chi connectivity index (χ0) is 19.2. The van der Waals surface area contributed by atoms with E-state index >= 15 is 0 Å². The van der Waals surface area contributed by atoms with Crippen LogP contribution < -0.4 is 10.1 Å². The number of anilines is 1. The van der Waals surface area contributed by atoms with Crippen LogP contribution in [-0.4, -0.2) is 43.2 Å². The summed E-state index contributed by atoms with van der Waals surface area (Å²) in [6, 6.07) is 12.7. The second-order valence-electron chi connectivity index (χ2n) is 6.41. The second kappa shape index (κ2) is 9.42. The van der Waals surface area contributed by atoms with Gasteiger partial charge < -0.3 is 14.8 Å². The van der Waals surface area contributed by atoms with Gasteiger partial charge in [0.05, 0.1) is 18.2 Å². The quantitative estimate of drug-likeness (QED) is 0.776. The lowest BCUT2D eigenvalue weighted by atomic mass is 10.2. The summed E-state index contributed by atoms with van der Waals surface area (Å²) in [7, 11) is 0. The first-order chi connectivity index (χ1) is 13.0. The van der Waals surface area contributed by atoms with Crippen molar-refractivity contribution in [1.29, 1.82) is 0 Å². The van der Waals surface area contributed by atoms with E-state index in [0.29, 0.717) is 15.8 Å². The molecule has 5 nitrogen and oxygen atoms in total. The number of morpholine rings is 1. The number of amides is 1. The summed E-state index contributed by atoms with van der Waals surface area (Å²) in [6.45, 7) is 6.01. The molecule has 3 rings (SSSR count). The molecular formula is C20H22Cl2N2O3. The number of nitrogens with zero attached hydrogens (tertiary/aromatic N) is 1. The van der Waals surface area contributed by atoms with Crippen molar-refractivity contribution in [1.82, 2.24) is 4.90 Å². The minimum absolute atomic E-state index is 0.248. The van der Waals surface area contributed by atoms with Crippen LogP contribution in [0.25, 0.3) is 0 Å². The Morgan fingerprint density at radius 3 is 2.56 bits per heavy atom. The molecule has 1 saturated heterocycles. The Hall–Kier alpha value is -1.79. The Bertz CT molecular complexity index is 777. The molecule has 7 heteroatoms. The Labute approximate surface area is 169 Å². The molecule has 0 aromatic heterocycles. The molecule has 1 atom stereocenters. The van der Waals surface area contributed by atoms with Crippen LogP contribution in [0.3, 0.4) is 0 Å². The maximum Gasteiger partial charge on any atom is 0.265 e. The van der Waals surface area contributed by atoms with Gasteiger partial charge in [-0.1, -0.05) is 35.3 Å². The van der Waals surface area contributed by atoms with Crippen molar-refractivity contribution in [3.05, 3.63) is 58.1 Å². The zero-order valence-corrected chi connectivity index (χ0v) is 16.6. The molecule has 0 radical (unpaired) electrons. The van der Waals surface area contributed by atoms with Gasteiger partial charge in [-0.3, -0.25) is 9.69 Å². The summed E-state index contributed by atoms with van der Waals surface area (Å²) in [5, 5.41) is 3.74. The normalized spacial score (nSPS) is 16.0. The monoisotopic (exact) mass is 408 g/mol. The molecule has 1 fully saturated rings. The number of carbonyl (C=O) groups excluding carboxylic acids is 1. The van der Waals surface area contributed by atoms with Gasteiger partial charge in [-0.15, -0.1) is 0 Å². The lowest BCUT2D eigenvalue weighted by molar-refractivity contribution is -0.122. The molecule has 144 valence electrons.